The first kappa shape index (κ1) is 14.8. The molecule has 1 aromatic carbocycles. The molecule has 1 saturated heterocycles. The van der Waals surface area contributed by atoms with Crippen LogP contribution in [0.4, 0.5) is 5.69 Å². The molecule has 0 unspecified atom stereocenters. The largest absolute Gasteiger partial charge is 0.483 e. The zero-order valence-electron chi connectivity index (χ0n) is 14.4. The molecule has 0 bridgehead atoms. The summed E-state index contributed by atoms with van der Waals surface area (Å²) in [7, 11) is 0. The van der Waals surface area contributed by atoms with Crippen LogP contribution >= 0.6 is 0 Å². The van der Waals surface area contributed by atoms with E-state index >= 15 is 0 Å². The number of fused-ring (bicyclic) bond motifs is 4. The number of hydrogen-bond acceptors (Lipinski definition) is 5. The smallest absolute Gasteiger partial charge is 0.262 e. The van der Waals surface area contributed by atoms with Gasteiger partial charge in [0.25, 0.3) is 5.91 Å². The van der Waals surface area contributed by atoms with Crippen LogP contribution in [0, 0.1) is 0 Å². The van der Waals surface area contributed by atoms with Crippen LogP contribution in [0.2, 0.25) is 0 Å². The molecule has 4 heterocycles. The van der Waals surface area contributed by atoms with Gasteiger partial charge >= 0.3 is 0 Å². The fourth-order valence-electron chi connectivity index (χ4n) is 4.13. The molecule has 0 radical (unpaired) electrons. The number of aromatic nitrogens is 1. The minimum Gasteiger partial charge on any atom is -0.483 e. The van der Waals surface area contributed by atoms with Crippen molar-refractivity contribution in [2.45, 2.75) is 31.8 Å². The summed E-state index contributed by atoms with van der Waals surface area (Å²) in [5.41, 5.74) is 4.70. The summed E-state index contributed by atoms with van der Waals surface area (Å²) in [5, 5.41) is 8.78. The first-order valence-corrected chi connectivity index (χ1v) is 8.72. The highest BCUT2D eigenvalue weighted by molar-refractivity contribution is 6.10. The number of hydrogen-bond donors (Lipinski definition) is 2. The van der Waals surface area contributed by atoms with Crippen molar-refractivity contribution >= 4 is 28.3 Å². The van der Waals surface area contributed by atoms with Crippen LogP contribution in [0.15, 0.2) is 29.5 Å². The van der Waals surface area contributed by atoms with Crippen molar-refractivity contribution in [2.24, 2.45) is 5.10 Å². The fraction of sp³-hybridized carbons (Fsp3) is 0.444. The van der Waals surface area contributed by atoms with E-state index in [2.05, 4.69) is 51.7 Å². The van der Waals surface area contributed by atoms with Gasteiger partial charge in [-0.2, -0.15) is 5.10 Å². The molecule has 2 atom stereocenters. The van der Waals surface area contributed by atoms with Crippen molar-refractivity contribution in [1.29, 1.82) is 0 Å². The summed E-state index contributed by atoms with van der Waals surface area (Å²) in [5.74, 6) is 1.45. The van der Waals surface area contributed by atoms with E-state index in [1.54, 1.807) is 0 Å². The molecule has 3 aliphatic heterocycles. The molecule has 0 spiro atoms. The van der Waals surface area contributed by atoms with Gasteiger partial charge in [-0.15, -0.1) is 0 Å². The molecule has 3 aliphatic rings. The third-order valence-electron chi connectivity index (χ3n) is 5.66. The third kappa shape index (κ3) is 2.02. The summed E-state index contributed by atoms with van der Waals surface area (Å²) in [6.45, 7) is 6.53. The van der Waals surface area contributed by atoms with Crippen LogP contribution < -0.4 is 20.4 Å². The summed E-state index contributed by atoms with van der Waals surface area (Å²) in [4.78, 5) is 14.1. The fourth-order valence-corrected chi connectivity index (χ4v) is 4.13. The van der Waals surface area contributed by atoms with Gasteiger partial charge in [-0.05, 0) is 45.0 Å². The minimum atomic E-state index is -0.306. The van der Waals surface area contributed by atoms with Crippen LogP contribution in [0.1, 0.15) is 20.3 Å². The van der Waals surface area contributed by atoms with Gasteiger partial charge in [0.15, 0.2) is 5.84 Å². The number of carbonyl (C=O) groups is 1. The predicted octanol–water partition coefficient (Wildman–Crippen LogP) is 1.38. The molecule has 1 aromatic heterocycles. The number of carbonyl (C=O) groups excluding carboxylic acids is 1. The van der Waals surface area contributed by atoms with Gasteiger partial charge < -0.3 is 19.5 Å². The molecule has 0 aliphatic carbocycles. The zero-order chi connectivity index (χ0) is 17.2. The van der Waals surface area contributed by atoms with E-state index in [0.717, 1.165) is 47.7 Å². The van der Waals surface area contributed by atoms with Gasteiger partial charge in [-0.25, -0.2) is 5.43 Å². The van der Waals surface area contributed by atoms with Crippen LogP contribution in [0.25, 0.3) is 10.9 Å². The van der Waals surface area contributed by atoms with E-state index in [0.29, 0.717) is 6.61 Å². The summed E-state index contributed by atoms with van der Waals surface area (Å²) in [6, 6.07) is 6.04. The zero-order valence-corrected chi connectivity index (χ0v) is 14.4. The van der Waals surface area contributed by atoms with Gasteiger partial charge in [0.05, 0.1) is 16.7 Å². The lowest BCUT2D eigenvalue weighted by Crippen LogP contribution is -2.55. The van der Waals surface area contributed by atoms with Crippen molar-refractivity contribution in [1.82, 2.24) is 15.3 Å². The molecule has 5 rings (SSSR count). The highest BCUT2D eigenvalue weighted by Crippen LogP contribution is 2.40. The molecule has 2 aromatic rings. The average molecular weight is 339 g/mol. The van der Waals surface area contributed by atoms with E-state index in [-0.39, 0.29) is 17.5 Å². The van der Waals surface area contributed by atoms with Gasteiger partial charge in [-0.3, -0.25) is 4.79 Å². The Morgan fingerprint density at radius 1 is 1.40 bits per heavy atom. The van der Waals surface area contributed by atoms with E-state index in [1.807, 2.05) is 11.8 Å². The monoisotopic (exact) mass is 339 g/mol. The topological polar surface area (TPSA) is 70.9 Å². The number of hydrazone groups is 1. The number of ether oxygens (including phenoxy) is 1. The maximum absolute atomic E-state index is 12.1. The second-order valence-corrected chi connectivity index (χ2v) is 7.33. The standard InChI is InChI=1S/C18H21N5O2/c1-11-17(24)21-20-16-9-25-15-7-12-3-6-22(18(2)4-5-19-10-18)13(12)8-14(15)23(11)16/h3,6-8,11,19H,4-5,9-10H2,1-2H3,(H,21,24)/t11-,18-/m1/s1. The second-order valence-electron chi connectivity index (χ2n) is 7.33. The SMILES string of the molecule is C[C@@H]1C(=O)NN=C2COc3cc4ccn([C@]5(C)CCNC5)c4cc3N21. The molecule has 130 valence electrons. The molecule has 1 amide bonds. The Morgan fingerprint density at radius 3 is 3.08 bits per heavy atom. The summed E-state index contributed by atoms with van der Waals surface area (Å²) in [6.07, 6.45) is 3.25. The number of nitrogens with one attached hydrogen (secondary N) is 2. The Labute approximate surface area is 145 Å². The van der Waals surface area contributed by atoms with Gasteiger partial charge in [0.1, 0.15) is 18.4 Å². The maximum atomic E-state index is 12.1. The third-order valence-corrected chi connectivity index (χ3v) is 5.66. The van der Waals surface area contributed by atoms with Crippen molar-refractivity contribution in [3.63, 3.8) is 0 Å². The lowest BCUT2D eigenvalue weighted by molar-refractivity contribution is -0.122. The number of nitrogens with zero attached hydrogens (tertiary/aromatic N) is 3. The highest BCUT2D eigenvalue weighted by atomic mass is 16.5. The molecule has 2 N–H and O–H groups in total. The van der Waals surface area contributed by atoms with E-state index in [9.17, 15) is 4.79 Å². The van der Waals surface area contributed by atoms with Crippen LogP contribution in [0.3, 0.4) is 0 Å². The van der Waals surface area contributed by atoms with Crippen LogP contribution in [-0.4, -0.2) is 42.0 Å². The van der Waals surface area contributed by atoms with Crippen molar-refractivity contribution < 1.29 is 9.53 Å². The van der Waals surface area contributed by atoms with Crippen LogP contribution in [-0.2, 0) is 10.3 Å². The molecule has 7 nitrogen and oxygen atoms in total. The van der Waals surface area contributed by atoms with Crippen LogP contribution in [0.5, 0.6) is 5.75 Å². The second kappa shape index (κ2) is 4.98. The Kier molecular flexibility index (Phi) is 2.94. The Morgan fingerprint density at radius 2 is 2.28 bits per heavy atom. The molecule has 0 saturated carbocycles. The predicted molar refractivity (Wildman–Crippen MR) is 96.1 cm³/mol. The average Bonchev–Trinajstić information content (AvgIpc) is 3.22. The molecule has 7 heteroatoms. The maximum Gasteiger partial charge on any atom is 0.262 e. The lowest BCUT2D eigenvalue weighted by Gasteiger charge is -2.38. The number of amides is 1. The van der Waals surface area contributed by atoms with Gasteiger partial charge in [0, 0.05) is 18.1 Å². The summed E-state index contributed by atoms with van der Waals surface area (Å²) < 4.78 is 8.25. The Bertz CT molecular complexity index is 910. The lowest BCUT2D eigenvalue weighted by atomic mass is 10.0. The van der Waals surface area contributed by atoms with E-state index < -0.39 is 0 Å². The quantitative estimate of drug-likeness (QED) is 0.823. The number of anilines is 1. The first-order valence-electron chi connectivity index (χ1n) is 8.72. The van der Waals surface area contributed by atoms with Crippen molar-refractivity contribution in [2.75, 3.05) is 24.6 Å². The summed E-state index contributed by atoms with van der Waals surface area (Å²) >= 11 is 0. The number of amidine groups is 1. The molecule has 25 heavy (non-hydrogen) atoms. The Balaban J connectivity index is 1.69. The minimum absolute atomic E-state index is 0.0628. The molecular weight excluding hydrogens is 318 g/mol. The van der Waals surface area contributed by atoms with Crippen molar-refractivity contribution in [3.8, 4) is 5.75 Å². The van der Waals surface area contributed by atoms with Crippen molar-refractivity contribution in [3.05, 3.63) is 24.4 Å². The van der Waals surface area contributed by atoms with E-state index in [4.69, 9.17) is 4.74 Å². The highest BCUT2D eigenvalue weighted by Gasteiger charge is 2.36. The first-order chi connectivity index (χ1) is 12.1. The Hall–Kier alpha value is -2.54. The van der Waals surface area contributed by atoms with E-state index in [1.165, 1.54) is 0 Å². The number of rotatable bonds is 1. The molecule has 1 fully saturated rings. The molecular formula is C18H21N5O2. The normalized spacial score (nSPS) is 28.2. The van der Waals surface area contributed by atoms with Gasteiger partial charge in [0.2, 0.25) is 0 Å². The van der Waals surface area contributed by atoms with Gasteiger partial charge in [-0.1, -0.05) is 0 Å². The number of benzene rings is 1.